The topological polar surface area (TPSA) is 56.8 Å². The van der Waals surface area contributed by atoms with Crippen LogP contribution in [0.4, 0.5) is 0 Å². The van der Waals surface area contributed by atoms with Crippen LogP contribution in [0.25, 0.3) is 0 Å². The fraction of sp³-hybridized carbons (Fsp3) is 0.409. The van der Waals surface area contributed by atoms with Crippen LogP contribution in [0.1, 0.15) is 38.8 Å². The number of para-hydroxylation sites is 2. The van der Waals surface area contributed by atoms with E-state index in [1.54, 1.807) is 33.3 Å². The van der Waals surface area contributed by atoms with Gasteiger partial charge in [-0.1, -0.05) is 38.1 Å². The molecule has 2 rings (SSSR count). The summed E-state index contributed by atoms with van der Waals surface area (Å²) in [6.07, 6.45) is 0.189. The molecule has 5 heteroatoms. The number of hydrogen-bond donors (Lipinski definition) is 1. The summed E-state index contributed by atoms with van der Waals surface area (Å²) in [6, 6.07) is 15.0. The van der Waals surface area contributed by atoms with Crippen molar-refractivity contribution in [1.82, 2.24) is 5.32 Å². The number of hydrogen-bond acceptors (Lipinski definition) is 4. The fourth-order valence-corrected chi connectivity index (χ4v) is 2.84. The number of benzene rings is 2. The van der Waals surface area contributed by atoms with Crippen molar-refractivity contribution in [3.8, 4) is 17.2 Å². The molecule has 0 heterocycles. The monoisotopic (exact) mass is 371 g/mol. The largest absolute Gasteiger partial charge is 0.497 e. The molecule has 0 aliphatic carbocycles. The lowest BCUT2D eigenvalue weighted by Gasteiger charge is -2.24. The average Bonchev–Trinajstić information content (AvgIpc) is 2.67. The predicted octanol–water partition coefficient (Wildman–Crippen LogP) is 4.37. The van der Waals surface area contributed by atoms with Gasteiger partial charge in [0.2, 0.25) is 0 Å². The van der Waals surface area contributed by atoms with Gasteiger partial charge in [0.25, 0.3) is 5.91 Å². The molecule has 5 nitrogen and oxygen atoms in total. The fourth-order valence-electron chi connectivity index (χ4n) is 2.84. The van der Waals surface area contributed by atoms with Gasteiger partial charge in [0.15, 0.2) is 17.6 Å². The number of rotatable bonds is 9. The number of carbonyl (C=O) groups excluding carboxylic acids is 1. The van der Waals surface area contributed by atoms with Crippen molar-refractivity contribution in [3.05, 3.63) is 54.1 Å². The summed E-state index contributed by atoms with van der Waals surface area (Å²) in [5, 5.41) is 3.11. The molecular weight excluding hydrogens is 342 g/mol. The van der Waals surface area contributed by atoms with Crippen molar-refractivity contribution in [2.45, 2.75) is 39.3 Å². The summed E-state index contributed by atoms with van der Waals surface area (Å²) >= 11 is 0. The van der Waals surface area contributed by atoms with Gasteiger partial charge in [-0.25, -0.2) is 0 Å². The molecular formula is C22H29NO4. The first kappa shape index (κ1) is 20.6. The number of amides is 1. The molecule has 2 atom stereocenters. The molecule has 0 aliphatic heterocycles. The summed E-state index contributed by atoms with van der Waals surface area (Å²) in [5.74, 6) is 2.21. The first-order chi connectivity index (χ1) is 12.9. The molecule has 0 spiro atoms. The Labute approximate surface area is 161 Å². The van der Waals surface area contributed by atoms with Crippen molar-refractivity contribution in [1.29, 1.82) is 0 Å². The van der Waals surface area contributed by atoms with Gasteiger partial charge in [0.1, 0.15) is 5.75 Å². The van der Waals surface area contributed by atoms with Crippen LogP contribution >= 0.6 is 0 Å². The van der Waals surface area contributed by atoms with E-state index >= 15 is 0 Å². The van der Waals surface area contributed by atoms with Crippen LogP contribution in [-0.2, 0) is 4.79 Å². The van der Waals surface area contributed by atoms with Crippen LogP contribution in [0.3, 0.4) is 0 Å². The molecule has 1 amide bonds. The van der Waals surface area contributed by atoms with E-state index in [0.29, 0.717) is 17.4 Å². The third-order valence-electron chi connectivity index (χ3n) is 4.28. The van der Waals surface area contributed by atoms with Crippen molar-refractivity contribution in [3.63, 3.8) is 0 Å². The molecule has 27 heavy (non-hydrogen) atoms. The van der Waals surface area contributed by atoms with E-state index in [0.717, 1.165) is 17.7 Å². The van der Waals surface area contributed by atoms with Gasteiger partial charge in [0.05, 0.1) is 20.3 Å². The Morgan fingerprint density at radius 2 is 1.56 bits per heavy atom. The molecule has 1 N–H and O–H groups in total. The Morgan fingerprint density at radius 1 is 0.926 bits per heavy atom. The molecule has 0 fully saturated rings. The summed E-state index contributed by atoms with van der Waals surface area (Å²) in [6.45, 7) is 6.01. The van der Waals surface area contributed by atoms with Gasteiger partial charge in [-0.15, -0.1) is 0 Å². The standard InChI is InChI=1S/C22H29NO4/c1-15(2)14-19(17-10-12-18(25-4)13-11-17)23-22(24)16(3)27-21-9-7-6-8-20(21)26-5/h6-13,15-16,19H,14H2,1-5H3,(H,23,24)/t16-,19-/m0/s1. The molecule has 146 valence electrons. The molecule has 0 bridgehead atoms. The number of ether oxygens (including phenoxy) is 3. The Morgan fingerprint density at radius 3 is 2.11 bits per heavy atom. The van der Waals surface area contributed by atoms with Gasteiger partial charge < -0.3 is 19.5 Å². The molecule has 2 aromatic carbocycles. The highest BCUT2D eigenvalue weighted by atomic mass is 16.5. The van der Waals surface area contributed by atoms with Crippen LogP contribution in [0.2, 0.25) is 0 Å². The van der Waals surface area contributed by atoms with E-state index < -0.39 is 6.10 Å². The number of carbonyl (C=O) groups is 1. The second kappa shape index (κ2) is 9.86. The molecule has 0 aliphatic rings. The van der Waals surface area contributed by atoms with Crippen molar-refractivity contribution in [2.75, 3.05) is 14.2 Å². The zero-order valence-corrected chi connectivity index (χ0v) is 16.7. The Bertz CT molecular complexity index is 727. The normalized spacial score (nSPS) is 13.0. The first-order valence-corrected chi connectivity index (χ1v) is 9.18. The van der Waals surface area contributed by atoms with Gasteiger partial charge >= 0.3 is 0 Å². The molecule has 0 unspecified atom stereocenters. The predicted molar refractivity (Wildman–Crippen MR) is 106 cm³/mol. The molecule has 0 radical (unpaired) electrons. The van der Waals surface area contributed by atoms with Gasteiger partial charge in [-0.05, 0) is 49.1 Å². The summed E-state index contributed by atoms with van der Waals surface area (Å²) < 4.78 is 16.3. The quantitative estimate of drug-likeness (QED) is 0.711. The van der Waals surface area contributed by atoms with Crippen molar-refractivity contribution < 1.29 is 19.0 Å². The maximum atomic E-state index is 12.7. The van der Waals surface area contributed by atoms with E-state index in [-0.39, 0.29) is 11.9 Å². The highest BCUT2D eigenvalue weighted by Gasteiger charge is 2.22. The Kier molecular flexibility index (Phi) is 7.53. The second-order valence-corrected chi connectivity index (χ2v) is 6.87. The highest BCUT2D eigenvalue weighted by Crippen LogP contribution is 2.27. The SMILES string of the molecule is COc1ccc([C@H](CC(C)C)NC(=O)[C@H](C)Oc2ccccc2OC)cc1. The zero-order valence-electron chi connectivity index (χ0n) is 16.7. The van der Waals surface area contributed by atoms with Gasteiger partial charge in [-0.3, -0.25) is 4.79 Å². The van der Waals surface area contributed by atoms with Crippen LogP contribution < -0.4 is 19.5 Å². The van der Waals surface area contributed by atoms with Crippen molar-refractivity contribution in [2.24, 2.45) is 5.92 Å². The van der Waals surface area contributed by atoms with E-state index in [1.807, 2.05) is 36.4 Å². The first-order valence-electron chi connectivity index (χ1n) is 9.18. The van der Waals surface area contributed by atoms with Gasteiger partial charge in [0, 0.05) is 0 Å². The van der Waals surface area contributed by atoms with E-state index in [2.05, 4.69) is 19.2 Å². The van der Waals surface area contributed by atoms with Crippen molar-refractivity contribution >= 4 is 5.91 Å². The van der Waals surface area contributed by atoms with Gasteiger partial charge in [-0.2, -0.15) is 0 Å². The summed E-state index contributed by atoms with van der Waals surface area (Å²) in [5.41, 5.74) is 1.04. The minimum Gasteiger partial charge on any atom is -0.497 e. The highest BCUT2D eigenvalue weighted by molar-refractivity contribution is 5.81. The third kappa shape index (κ3) is 5.91. The van der Waals surface area contributed by atoms with E-state index in [9.17, 15) is 4.79 Å². The maximum absolute atomic E-state index is 12.7. The minimum atomic E-state index is -0.644. The average molecular weight is 371 g/mol. The summed E-state index contributed by atoms with van der Waals surface area (Å²) in [4.78, 5) is 12.7. The lowest BCUT2D eigenvalue weighted by atomic mass is 9.96. The zero-order chi connectivity index (χ0) is 19.8. The van der Waals surface area contributed by atoms with Crippen LogP contribution in [0.15, 0.2) is 48.5 Å². The van der Waals surface area contributed by atoms with Crippen LogP contribution in [0.5, 0.6) is 17.2 Å². The van der Waals surface area contributed by atoms with Crippen LogP contribution in [0, 0.1) is 5.92 Å². The van der Waals surface area contributed by atoms with E-state index in [4.69, 9.17) is 14.2 Å². The molecule has 0 saturated heterocycles. The minimum absolute atomic E-state index is 0.0906. The van der Waals surface area contributed by atoms with E-state index in [1.165, 1.54) is 0 Å². The number of nitrogens with one attached hydrogen (secondary N) is 1. The lowest BCUT2D eigenvalue weighted by molar-refractivity contribution is -0.128. The molecule has 0 aromatic heterocycles. The summed E-state index contributed by atoms with van der Waals surface area (Å²) in [7, 11) is 3.22. The lowest BCUT2D eigenvalue weighted by Crippen LogP contribution is -2.39. The molecule has 0 saturated carbocycles. The third-order valence-corrected chi connectivity index (χ3v) is 4.28. The maximum Gasteiger partial charge on any atom is 0.261 e. The molecule has 2 aromatic rings. The second-order valence-electron chi connectivity index (χ2n) is 6.87. The Balaban J connectivity index is 2.09. The Hall–Kier alpha value is -2.69. The smallest absolute Gasteiger partial charge is 0.261 e. The number of methoxy groups -OCH3 is 2. The van der Waals surface area contributed by atoms with Crippen LogP contribution in [-0.4, -0.2) is 26.2 Å².